The molecule has 0 aliphatic heterocycles. The average molecular weight is 335 g/mol. The summed E-state index contributed by atoms with van der Waals surface area (Å²) in [6, 6.07) is 0. The zero-order valence-corrected chi connectivity index (χ0v) is 14.2. The molecule has 0 spiro atoms. The van der Waals surface area contributed by atoms with Crippen LogP contribution in [0, 0.1) is 13.8 Å². The molecular formula is C14H21N7O3. The van der Waals surface area contributed by atoms with Gasteiger partial charge in [-0.1, -0.05) is 0 Å². The Labute approximate surface area is 139 Å². The van der Waals surface area contributed by atoms with Gasteiger partial charge in [0.25, 0.3) is 0 Å². The van der Waals surface area contributed by atoms with Crippen molar-refractivity contribution in [2.75, 3.05) is 19.0 Å². The summed E-state index contributed by atoms with van der Waals surface area (Å²) >= 11 is 0. The molecule has 10 heteroatoms. The number of carbonyl (C=O) groups excluding carboxylic acids is 2. The van der Waals surface area contributed by atoms with Crippen molar-refractivity contribution < 1.29 is 14.3 Å². The number of nitrogens with one attached hydrogen (secondary N) is 2. The molecule has 0 radical (unpaired) electrons. The van der Waals surface area contributed by atoms with Gasteiger partial charge < -0.3 is 10.1 Å². The van der Waals surface area contributed by atoms with Crippen molar-refractivity contribution in [3.05, 3.63) is 23.1 Å². The van der Waals surface area contributed by atoms with Gasteiger partial charge in [0.1, 0.15) is 6.54 Å². The highest BCUT2D eigenvalue weighted by atomic mass is 16.5. The fourth-order valence-electron chi connectivity index (χ4n) is 2.28. The first-order valence-electron chi connectivity index (χ1n) is 7.41. The Balaban J connectivity index is 1.80. The van der Waals surface area contributed by atoms with E-state index in [0.29, 0.717) is 13.0 Å². The first-order chi connectivity index (χ1) is 11.4. The smallest absolute Gasteiger partial charge is 0.412 e. The molecule has 2 amide bonds. The SMILES string of the molecule is COC(=O)Nc1cnn(CC(=O)NCCc2c(C)nn(C)c2C)n1. The Hall–Kier alpha value is -2.91. The molecular weight excluding hydrogens is 314 g/mol. The number of nitrogens with zero attached hydrogens (tertiary/aromatic N) is 5. The quantitative estimate of drug-likeness (QED) is 0.777. The van der Waals surface area contributed by atoms with Crippen LogP contribution in [0.4, 0.5) is 10.6 Å². The molecule has 0 fully saturated rings. The summed E-state index contributed by atoms with van der Waals surface area (Å²) in [7, 11) is 3.15. The number of methoxy groups -OCH3 is 1. The zero-order chi connectivity index (χ0) is 17.7. The fourth-order valence-corrected chi connectivity index (χ4v) is 2.28. The van der Waals surface area contributed by atoms with Crippen LogP contribution in [0.25, 0.3) is 0 Å². The van der Waals surface area contributed by atoms with E-state index in [1.807, 2.05) is 25.6 Å². The van der Waals surface area contributed by atoms with Gasteiger partial charge in [-0.05, 0) is 25.8 Å². The molecule has 0 unspecified atom stereocenters. The normalized spacial score (nSPS) is 10.5. The summed E-state index contributed by atoms with van der Waals surface area (Å²) in [6.07, 6.45) is 1.40. The maximum absolute atomic E-state index is 11.9. The van der Waals surface area contributed by atoms with E-state index in [0.717, 1.165) is 17.0 Å². The number of ether oxygens (including phenoxy) is 1. The molecule has 0 bridgehead atoms. The molecule has 2 aromatic heterocycles. The van der Waals surface area contributed by atoms with E-state index in [1.165, 1.54) is 18.1 Å². The van der Waals surface area contributed by atoms with Crippen molar-refractivity contribution in [3.8, 4) is 0 Å². The van der Waals surface area contributed by atoms with Crippen LogP contribution in [0.5, 0.6) is 0 Å². The standard InChI is InChI=1S/C14H21N7O3/c1-9-11(10(2)20(3)18-9)5-6-15-13(22)8-21-16-7-12(19-21)17-14(23)24-4/h7H,5-6,8H2,1-4H3,(H,15,22)(H,17,19,23). The van der Waals surface area contributed by atoms with Crippen molar-refractivity contribution >= 4 is 17.8 Å². The van der Waals surface area contributed by atoms with Crippen LogP contribution in [0.15, 0.2) is 6.20 Å². The maximum atomic E-state index is 11.9. The molecule has 2 N–H and O–H groups in total. The van der Waals surface area contributed by atoms with Crippen LogP contribution in [-0.4, -0.2) is 50.4 Å². The lowest BCUT2D eigenvalue weighted by Gasteiger charge is -2.05. The number of hydrogen-bond donors (Lipinski definition) is 2. The van der Waals surface area contributed by atoms with Crippen molar-refractivity contribution in [1.82, 2.24) is 30.1 Å². The maximum Gasteiger partial charge on any atom is 0.412 e. The molecule has 0 saturated heterocycles. The minimum Gasteiger partial charge on any atom is -0.453 e. The van der Waals surface area contributed by atoms with E-state index in [1.54, 1.807) is 0 Å². The summed E-state index contributed by atoms with van der Waals surface area (Å²) in [4.78, 5) is 24.2. The van der Waals surface area contributed by atoms with Crippen LogP contribution >= 0.6 is 0 Å². The van der Waals surface area contributed by atoms with Gasteiger partial charge in [-0.3, -0.25) is 14.8 Å². The summed E-state index contributed by atoms with van der Waals surface area (Å²) in [5.41, 5.74) is 3.20. The van der Waals surface area contributed by atoms with E-state index < -0.39 is 6.09 Å². The molecule has 10 nitrogen and oxygen atoms in total. The molecule has 2 aromatic rings. The Morgan fingerprint density at radius 3 is 2.67 bits per heavy atom. The lowest BCUT2D eigenvalue weighted by atomic mass is 10.1. The summed E-state index contributed by atoms with van der Waals surface area (Å²) in [6.45, 7) is 4.42. The van der Waals surface area contributed by atoms with Crippen LogP contribution in [0.1, 0.15) is 17.0 Å². The minimum atomic E-state index is -0.645. The number of anilines is 1. The summed E-state index contributed by atoms with van der Waals surface area (Å²) in [5.74, 6) is 0.00525. The van der Waals surface area contributed by atoms with Gasteiger partial charge in [-0.2, -0.15) is 15.0 Å². The predicted molar refractivity (Wildman–Crippen MR) is 85.4 cm³/mol. The summed E-state index contributed by atoms with van der Waals surface area (Å²) < 4.78 is 6.28. The first-order valence-corrected chi connectivity index (χ1v) is 7.41. The monoisotopic (exact) mass is 335 g/mol. The van der Waals surface area contributed by atoms with E-state index in [-0.39, 0.29) is 18.3 Å². The second-order valence-electron chi connectivity index (χ2n) is 5.25. The van der Waals surface area contributed by atoms with Gasteiger partial charge in [-0.15, -0.1) is 5.10 Å². The van der Waals surface area contributed by atoms with Crippen LogP contribution < -0.4 is 10.6 Å². The van der Waals surface area contributed by atoms with Crippen LogP contribution in [0.2, 0.25) is 0 Å². The van der Waals surface area contributed by atoms with Crippen molar-refractivity contribution in [3.63, 3.8) is 0 Å². The number of hydrogen-bond acceptors (Lipinski definition) is 6. The van der Waals surface area contributed by atoms with E-state index >= 15 is 0 Å². The topological polar surface area (TPSA) is 116 Å². The van der Waals surface area contributed by atoms with E-state index in [9.17, 15) is 9.59 Å². The number of aromatic nitrogens is 5. The predicted octanol–water partition coefficient (Wildman–Crippen LogP) is 0.166. The molecule has 24 heavy (non-hydrogen) atoms. The minimum absolute atomic E-state index is 0.0339. The van der Waals surface area contributed by atoms with E-state index in [2.05, 4.69) is 30.7 Å². The Morgan fingerprint density at radius 2 is 2.04 bits per heavy atom. The van der Waals surface area contributed by atoms with E-state index in [4.69, 9.17) is 0 Å². The molecule has 0 aromatic carbocycles. The third kappa shape index (κ3) is 4.31. The number of aryl methyl sites for hydroxylation is 2. The number of amides is 2. The Bertz CT molecular complexity index is 735. The second-order valence-corrected chi connectivity index (χ2v) is 5.25. The van der Waals surface area contributed by atoms with Gasteiger partial charge in [0.05, 0.1) is 19.0 Å². The molecule has 0 atom stereocenters. The Morgan fingerprint density at radius 1 is 1.29 bits per heavy atom. The molecule has 2 heterocycles. The third-order valence-corrected chi connectivity index (χ3v) is 3.59. The second kappa shape index (κ2) is 7.57. The third-order valence-electron chi connectivity index (χ3n) is 3.59. The van der Waals surface area contributed by atoms with Gasteiger partial charge in [0.15, 0.2) is 5.82 Å². The zero-order valence-electron chi connectivity index (χ0n) is 14.2. The summed E-state index contributed by atoms with van der Waals surface area (Å²) in [5, 5.41) is 17.4. The van der Waals surface area contributed by atoms with Gasteiger partial charge in [0, 0.05) is 19.3 Å². The highest BCUT2D eigenvalue weighted by molar-refractivity contribution is 5.82. The lowest BCUT2D eigenvalue weighted by molar-refractivity contribution is -0.122. The van der Waals surface area contributed by atoms with Crippen molar-refractivity contribution in [2.45, 2.75) is 26.8 Å². The van der Waals surface area contributed by atoms with Crippen molar-refractivity contribution in [2.24, 2.45) is 7.05 Å². The molecule has 0 aliphatic rings. The highest BCUT2D eigenvalue weighted by Crippen LogP contribution is 2.11. The number of carbonyl (C=O) groups is 2. The molecule has 0 saturated carbocycles. The van der Waals surface area contributed by atoms with Gasteiger partial charge in [0.2, 0.25) is 5.91 Å². The fraction of sp³-hybridized carbons (Fsp3) is 0.500. The first kappa shape index (κ1) is 17.4. The number of rotatable bonds is 6. The Kier molecular flexibility index (Phi) is 5.51. The largest absolute Gasteiger partial charge is 0.453 e. The highest BCUT2D eigenvalue weighted by Gasteiger charge is 2.11. The molecule has 130 valence electrons. The van der Waals surface area contributed by atoms with Gasteiger partial charge >= 0.3 is 6.09 Å². The van der Waals surface area contributed by atoms with Gasteiger partial charge in [-0.25, -0.2) is 4.79 Å². The van der Waals surface area contributed by atoms with Crippen LogP contribution in [-0.2, 0) is 29.5 Å². The lowest BCUT2D eigenvalue weighted by Crippen LogP contribution is -2.30. The average Bonchev–Trinajstić information content (AvgIpc) is 3.06. The molecule has 0 aliphatic carbocycles. The van der Waals surface area contributed by atoms with Crippen LogP contribution in [0.3, 0.4) is 0 Å². The molecule has 2 rings (SSSR count). The van der Waals surface area contributed by atoms with Crippen molar-refractivity contribution in [1.29, 1.82) is 0 Å².